The molecule has 0 unspecified atom stereocenters. The average Bonchev–Trinajstić information content (AvgIpc) is 3.88. The molecule has 0 bridgehead atoms. The van der Waals surface area contributed by atoms with Crippen LogP contribution in [0.25, 0.3) is 0 Å². The van der Waals surface area contributed by atoms with Crippen molar-refractivity contribution in [3.05, 3.63) is 65.5 Å². The summed E-state index contributed by atoms with van der Waals surface area (Å²) < 4.78 is 35.0. The van der Waals surface area contributed by atoms with Crippen LogP contribution in [-0.4, -0.2) is 82.9 Å². The van der Waals surface area contributed by atoms with Gasteiger partial charge in [0.1, 0.15) is 18.9 Å². The number of benzene rings is 2. The highest BCUT2D eigenvalue weighted by Crippen LogP contribution is 2.59. The fourth-order valence-electron chi connectivity index (χ4n) is 7.79. The van der Waals surface area contributed by atoms with Crippen LogP contribution in [0.15, 0.2) is 48.7 Å². The number of rotatable bonds is 10. The highest BCUT2D eigenvalue weighted by molar-refractivity contribution is 6.08. The highest BCUT2D eigenvalue weighted by atomic mass is 19.1. The van der Waals surface area contributed by atoms with Gasteiger partial charge in [-0.2, -0.15) is 0 Å². The van der Waals surface area contributed by atoms with Crippen molar-refractivity contribution < 1.29 is 38.1 Å². The van der Waals surface area contributed by atoms with Gasteiger partial charge in [-0.15, -0.1) is 5.10 Å². The van der Waals surface area contributed by atoms with Gasteiger partial charge >= 0.3 is 12.2 Å². The first-order valence-electron chi connectivity index (χ1n) is 16.3. The van der Waals surface area contributed by atoms with Gasteiger partial charge in [0.05, 0.1) is 37.1 Å². The summed E-state index contributed by atoms with van der Waals surface area (Å²) in [4.78, 5) is 44.2. The maximum Gasteiger partial charge on any atom is 0.414 e. The Kier molecular flexibility index (Phi) is 8.10. The van der Waals surface area contributed by atoms with Crippen molar-refractivity contribution in [2.75, 3.05) is 47.6 Å². The second kappa shape index (κ2) is 12.2. The topological polar surface area (TPSA) is 140 Å². The lowest BCUT2D eigenvalue weighted by molar-refractivity contribution is -0.146. The molecule has 0 saturated carbocycles. The summed E-state index contributed by atoms with van der Waals surface area (Å²) in [6.45, 7) is 6.87. The van der Waals surface area contributed by atoms with Crippen molar-refractivity contribution in [1.29, 1.82) is 0 Å². The van der Waals surface area contributed by atoms with Crippen LogP contribution in [0.2, 0.25) is 0 Å². The summed E-state index contributed by atoms with van der Waals surface area (Å²) >= 11 is 0. The molecule has 1 spiro atoms. The number of hydrogen-bond acceptors (Lipinski definition) is 9. The number of aliphatic hydroxyl groups is 1. The lowest BCUT2D eigenvalue weighted by Crippen LogP contribution is -2.45. The molecule has 3 aromatic rings. The smallest absolute Gasteiger partial charge is 0.414 e. The first-order valence-corrected chi connectivity index (χ1v) is 16.3. The number of ether oxygens (including phenoxy) is 3. The van der Waals surface area contributed by atoms with E-state index in [9.17, 15) is 19.5 Å². The summed E-state index contributed by atoms with van der Waals surface area (Å²) in [6, 6.07) is 12.8. The van der Waals surface area contributed by atoms with E-state index in [2.05, 4.69) is 10.3 Å². The van der Waals surface area contributed by atoms with E-state index in [-0.39, 0.29) is 25.7 Å². The second-order valence-corrected chi connectivity index (χ2v) is 13.3. The number of alkyl halides is 1. The van der Waals surface area contributed by atoms with Crippen LogP contribution in [0.5, 0.6) is 0 Å². The first kappa shape index (κ1) is 32.0. The predicted molar refractivity (Wildman–Crippen MR) is 171 cm³/mol. The zero-order valence-electron chi connectivity index (χ0n) is 27.2. The number of aromatic nitrogens is 3. The molecular weight excluding hydrogens is 623 g/mol. The van der Waals surface area contributed by atoms with Crippen LogP contribution in [0.4, 0.5) is 31.0 Å². The van der Waals surface area contributed by atoms with E-state index in [1.807, 2.05) is 43.3 Å². The van der Waals surface area contributed by atoms with Crippen molar-refractivity contribution in [2.45, 2.75) is 64.1 Å². The predicted octanol–water partition coefficient (Wildman–Crippen LogP) is 3.96. The minimum atomic E-state index is -1.70. The molecule has 0 aliphatic carbocycles. The molecule has 2 aromatic carbocycles. The fourth-order valence-corrected chi connectivity index (χ4v) is 7.79. The Morgan fingerprint density at radius 1 is 1.00 bits per heavy atom. The quantitative estimate of drug-likeness (QED) is 0.342. The average molecular weight is 663 g/mol. The van der Waals surface area contributed by atoms with E-state index in [1.165, 1.54) is 18.7 Å². The molecule has 254 valence electrons. The van der Waals surface area contributed by atoms with Gasteiger partial charge in [0.15, 0.2) is 5.60 Å². The number of nitrogens with zero attached hydrogens (tertiary/aromatic N) is 6. The van der Waals surface area contributed by atoms with Crippen LogP contribution >= 0.6 is 0 Å². The molecule has 3 fully saturated rings. The molecule has 48 heavy (non-hydrogen) atoms. The Morgan fingerprint density at radius 2 is 1.67 bits per heavy atom. The molecule has 4 atom stereocenters. The molecule has 7 rings (SSSR count). The van der Waals surface area contributed by atoms with E-state index < -0.39 is 41.4 Å². The van der Waals surface area contributed by atoms with Gasteiger partial charge in [-0.1, -0.05) is 24.3 Å². The Labute approximate surface area is 277 Å². The van der Waals surface area contributed by atoms with Gasteiger partial charge < -0.3 is 24.2 Å². The first-order chi connectivity index (χ1) is 23.0. The van der Waals surface area contributed by atoms with Gasteiger partial charge in [-0.3, -0.25) is 19.3 Å². The lowest BCUT2D eigenvalue weighted by Gasteiger charge is -2.32. The van der Waals surface area contributed by atoms with Crippen LogP contribution in [0, 0.1) is 11.8 Å². The third-order valence-electron chi connectivity index (χ3n) is 9.96. The normalized spacial score (nSPS) is 25.4. The summed E-state index contributed by atoms with van der Waals surface area (Å²) in [5.41, 5.74) is 0.728. The van der Waals surface area contributed by atoms with Crippen LogP contribution in [0.1, 0.15) is 44.0 Å². The molecule has 3 amide bonds. The van der Waals surface area contributed by atoms with Crippen LogP contribution in [0.3, 0.4) is 0 Å². The molecule has 14 heteroatoms. The molecule has 13 nitrogen and oxygen atoms in total. The maximum absolute atomic E-state index is 16.2. The second-order valence-electron chi connectivity index (χ2n) is 13.3. The van der Waals surface area contributed by atoms with E-state index in [4.69, 9.17) is 14.2 Å². The monoisotopic (exact) mass is 662 g/mol. The zero-order valence-corrected chi connectivity index (χ0v) is 27.2. The number of fused-ring (bicyclic) bond motifs is 2. The number of anilines is 3. The summed E-state index contributed by atoms with van der Waals surface area (Å²) in [5.74, 6) is -1.54. The number of halogens is 1. The zero-order chi connectivity index (χ0) is 33.8. The standard InChI is InChI=1S/C34H39FN6O7/c1-21-29(33(2,3)35)28(10-12-38-20-23(11-15-42)36-37-38)48-34(21)26-18-25(40-14-17-47-32(40)45)8-9-27(26)41(30(34)43)19-22-4-6-24(7-5-22)39-13-16-46-31(39)44/h4-9,18,20-21,28-29,42H,10-17,19H2,1-3H3/t21-,28+,29-,34+/m1/s1. The summed E-state index contributed by atoms with van der Waals surface area (Å²) in [7, 11) is 0. The van der Waals surface area contributed by atoms with Gasteiger partial charge in [-0.05, 0) is 56.2 Å². The Balaban J connectivity index is 1.24. The van der Waals surface area contributed by atoms with Gasteiger partial charge in [0.2, 0.25) is 0 Å². The van der Waals surface area contributed by atoms with Crippen LogP contribution in [-0.2, 0) is 44.1 Å². The number of carbonyl (C=O) groups excluding carboxylic acids is 3. The molecular formula is C34H39FN6O7. The number of amides is 3. The summed E-state index contributed by atoms with van der Waals surface area (Å²) in [5, 5.41) is 17.5. The van der Waals surface area contributed by atoms with Gasteiger partial charge in [-0.25, -0.2) is 14.0 Å². The molecule has 0 radical (unpaired) electrons. The maximum atomic E-state index is 16.2. The number of carbonyl (C=O) groups is 3. The van der Waals surface area contributed by atoms with Gasteiger partial charge in [0.25, 0.3) is 5.91 Å². The largest absolute Gasteiger partial charge is 0.447 e. The minimum Gasteiger partial charge on any atom is -0.447 e. The molecule has 5 heterocycles. The molecule has 1 N–H and O–H groups in total. The fraction of sp³-hybridized carbons (Fsp3) is 0.500. The number of cyclic esters (lactones) is 2. The van der Waals surface area contributed by atoms with Gasteiger partial charge in [0, 0.05) is 54.5 Å². The minimum absolute atomic E-state index is 0.0467. The number of aliphatic hydroxyl groups excluding tert-OH is 1. The SMILES string of the molecule is C[C@@H]1[C@@H](C(C)(C)F)[C@H](CCn2cc(CCO)nn2)O[C@@]12C(=O)N(Cc1ccc(N3CCOC3=O)cc1)c1ccc(N3CCOC3=O)cc12. The van der Waals surface area contributed by atoms with Crippen LogP contribution < -0.4 is 14.7 Å². The van der Waals surface area contributed by atoms with Crippen molar-refractivity contribution in [3.8, 4) is 0 Å². The van der Waals surface area contributed by atoms with Crippen molar-refractivity contribution in [2.24, 2.45) is 11.8 Å². The molecule has 4 aliphatic rings. The Morgan fingerprint density at radius 3 is 2.29 bits per heavy atom. The van der Waals surface area contributed by atoms with E-state index in [0.29, 0.717) is 67.4 Å². The molecule has 4 aliphatic heterocycles. The van der Waals surface area contributed by atoms with E-state index >= 15 is 4.39 Å². The third-order valence-corrected chi connectivity index (χ3v) is 9.96. The van der Waals surface area contributed by atoms with Crippen molar-refractivity contribution in [1.82, 2.24) is 15.0 Å². The third kappa shape index (κ3) is 5.36. The summed E-state index contributed by atoms with van der Waals surface area (Å²) in [6.07, 6.45) is 0.975. The van der Waals surface area contributed by atoms with E-state index in [0.717, 1.165) is 5.56 Å². The number of hydrogen-bond donors (Lipinski definition) is 1. The molecule has 3 saturated heterocycles. The Bertz CT molecular complexity index is 1730. The molecule has 1 aromatic heterocycles. The van der Waals surface area contributed by atoms with E-state index in [1.54, 1.807) is 26.7 Å². The lowest BCUT2D eigenvalue weighted by atomic mass is 9.71. The Hall–Kier alpha value is -4.56. The number of aryl methyl sites for hydroxylation is 1. The van der Waals surface area contributed by atoms with Crippen molar-refractivity contribution in [3.63, 3.8) is 0 Å². The highest BCUT2D eigenvalue weighted by Gasteiger charge is 2.66. The van der Waals surface area contributed by atoms with Crippen molar-refractivity contribution >= 4 is 35.2 Å².